The quantitative estimate of drug-likeness (QED) is 0.506. The van der Waals surface area contributed by atoms with Gasteiger partial charge in [-0.05, 0) is 12.1 Å². The third-order valence-electron chi connectivity index (χ3n) is 2.22. The molecule has 0 unspecified atom stereocenters. The van der Waals surface area contributed by atoms with Crippen molar-refractivity contribution in [3.63, 3.8) is 0 Å². The predicted octanol–water partition coefficient (Wildman–Crippen LogP) is 3.62. The Morgan fingerprint density at radius 1 is 0.778 bits per heavy atom. The van der Waals surface area contributed by atoms with Crippen LogP contribution in [0, 0.1) is 23.3 Å². The number of para-hydroxylation sites is 1. The second kappa shape index (κ2) is 4.56. The highest BCUT2D eigenvalue weighted by molar-refractivity contribution is 5.48. The zero-order valence-electron chi connectivity index (χ0n) is 8.88. The van der Waals surface area contributed by atoms with Gasteiger partial charge in [0.05, 0.1) is 0 Å². The minimum atomic E-state index is -1.68. The molecule has 6 heteroatoms. The summed E-state index contributed by atoms with van der Waals surface area (Å²) in [4.78, 5) is 0. The second-order valence-corrected chi connectivity index (χ2v) is 3.41. The Labute approximate surface area is 99.6 Å². The van der Waals surface area contributed by atoms with Gasteiger partial charge in [0.15, 0.2) is 11.6 Å². The van der Waals surface area contributed by atoms with Crippen LogP contribution < -0.4 is 10.5 Å². The van der Waals surface area contributed by atoms with Crippen molar-refractivity contribution in [3.05, 3.63) is 53.6 Å². The molecule has 0 aliphatic heterocycles. The molecule has 0 fully saturated rings. The van der Waals surface area contributed by atoms with Gasteiger partial charge in [-0.1, -0.05) is 18.2 Å². The highest BCUT2D eigenvalue weighted by Gasteiger charge is 2.25. The van der Waals surface area contributed by atoms with Gasteiger partial charge in [-0.3, -0.25) is 0 Å². The molecular formula is C12H7F4NO. The largest absolute Gasteiger partial charge is 0.451 e. The zero-order chi connectivity index (χ0) is 13.3. The molecular weight excluding hydrogens is 250 g/mol. The summed E-state index contributed by atoms with van der Waals surface area (Å²) in [6.07, 6.45) is 0. The maximum Gasteiger partial charge on any atom is 0.206 e. The Kier molecular flexibility index (Phi) is 3.10. The first-order chi connectivity index (χ1) is 8.52. The van der Waals surface area contributed by atoms with Crippen LogP contribution in [0.3, 0.4) is 0 Å². The fourth-order valence-electron chi connectivity index (χ4n) is 1.32. The third-order valence-corrected chi connectivity index (χ3v) is 2.22. The van der Waals surface area contributed by atoms with Crippen LogP contribution in [0.25, 0.3) is 0 Å². The number of rotatable bonds is 2. The highest BCUT2D eigenvalue weighted by atomic mass is 19.2. The predicted molar refractivity (Wildman–Crippen MR) is 57.2 cm³/mol. The fraction of sp³-hybridized carbons (Fsp3) is 0. The molecule has 0 saturated heterocycles. The number of hydrogen-bond donors (Lipinski definition) is 1. The standard InChI is InChI=1S/C12H7F4NO/c13-7-9(15)12(10(16)8(14)11(7)17)18-6-4-2-1-3-5-6/h1-5H,17H2. The van der Waals surface area contributed by atoms with Crippen molar-refractivity contribution in [3.8, 4) is 11.5 Å². The van der Waals surface area contributed by atoms with Crippen LogP contribution in [0.15, 0.2) is 30.3 Å². The van der Waals surface area contributed by atoms with Crippen LogP contribution in [0.1, 0.15) is 0 Å². The topological polar surface area (TPSA) is 35.2 Å². The number of hydrogen-bond acceptors (Lipinski definition) is 2. The summed E-state index contributed by atoms with van der Waals surface area (Å²) >= 11 is 0. The van der Waals surface area contributed by atoms with E-state index in [0.717, 1.165) is 0 Å². The smallest absolute Gasteiger partial charge is 0.206 e. The van der Waals surface area contributed by atoms with E-state index < -0.39 is 34.7 Å². The van der Waals surface area contributed by atoms with Gasteiger partial charge in [0, 0.05) is 0 Å². The summed E-state index contributed by atoms with van der Waals surface area (Å²) in [7, 11) is 0. The number of anilines is 1. The minimum absolute atomic E-state index is 0.0406. The van der Waals surface area contributed by atoms with E-state index in [4.69, 9.17) is 10.5 Å². The molecule has 0 saturated carbocycles. The molecule has 2 rings (SSSR count). The summed E-state index contributed by atoms with van der Waals surface area (Å²) in [5.41, 5.74) is 3.64. The monoisotopic (exact) mass is 257 g/mol. The molecule has 2 nitrogen and oxygen atoms in total. The fourth-order valence-corrected chi connectivity index (χ4v) is 1.32. The molecule has 2 aromatic rings. The van der Waals surface area contributed by atoms with Crippen LogP contribution in [0.5, 0.6) is 11.5 Å². The molecule has 0 aromatic heterocycles. The average molecular weight is 257 g/mol. The van der Waals surface area contributed by atoms with E-state index in [1.165, 1.54) is 24.3 Å². The Hall–Kier alpha value is -2.24. The highest BCUT2D eigenvalue weighted by Crippen LogP contribution is 2.34. The van der Waals surface area contributed by atoms with Gasteiger partial charge in [0.25, 0.3) is 0 Å². The van der Waals surface area contributed by atoms with E-state index in [1.807, 2.05) is 0 Å². The average Bonchev–Trinajstić information content (AvgIpc) is 2.40. The van der Waals surface area contributed by atoms with Gasteiger partial charge in [0.2, 0.25) is 17.4 Å². The molecule has 2 N–H and O–H groups in total. The van der Waals surface area contributed by atoms with Crippen molar-refractivity contribution in [2.45, 2.75) is 0 Å². The molecule has 0 spiro atoms. The maximum atomic E-state index is 13.4. The maximum absolute atomic E-state index is 13.4. The van der Waals surface area contributed by atoms with Crippen molar-refractivity contribution >= 4 is 5.69 Å². The minimum Gasteiger partial charge on any atom is -0.451 e. The SMILES string of the molecule is Nc1c(F)c(F)c(Oc2ccccc2)c(F)c1F. The lowest BCUT2D eigenvalue weighted by Crippen LogP contribution is -2.05. The van der Waals surface area contributed by atoms with Crippen LogP contribution in [-0.4, -0.2) is 0 Å². The molecule has 2 aromatic carbocycles. The van der Waals surface area contributed by atoms with Gasteiger partial charge >= 0.3 is 0 Å². The van der Waals surface area contributed by atoms with E-state index in [2.05, 4.69) is 0 Å². The molecule has 0 aliphatic rings. The summed E-state index contributed by atoms with van der Waals surface area (Å²) in [6, 6.07) is 7.48. The molecule has 0 atom stereocenters. The van der Waals surface area contributed by atoms with Gasteiger partial charge in [-0.25, -0.2) is 8.78 Å². The van der Waals surface area contributed by atoms with Gasteiger partial charge in [-0.2, -0.15) is 8.78 Å². The summed E-state index contributed by atoms with van der Waals surface area (Å²) in [5, 5.41) is 0. The number of halogens is 4. The third kappa shape index (κ3) is 1.97. The van der Waals surface area contributed by atoms with Crippen LogP contribution in [0.4, 0.5) is 23.2 Å². The number of nitrogens with two attached hydrogens (primary N) is 1. The van der Waals surface area contributed by atoms with E-state index in [9.17, 15) is 17.6 Å². The van der Waals surface area contributed by atoms with Gasteiger partial charge in [-0.15, -0.1) is 0 Å². The molecule has 0 amide bonds. The van der Waals surface area contributed by atoms with Gasteiger partial charge in [0.1, 0.15) is 11.4 Å². The van der Waals surface area contributed by atoms with Crippen molar-refractivity contribution in [2.24, 2.45) is 0 Å². The van der Waals surface area contributed by atoms with E-state index >= 15 is 0 Å². The van der Waals surface area contributed by atoms with Crippen molar-refractivity contribution in [2.75, 3.05) is 5.73 Å². The Bertz CT molecular complexity index is 557. The molecule has 94 valence electrons. The molecule has 0 aliphatic carbocycles. The number of nitrogen functional groups attached to an aromatic ring is 1. The normalized spacial score (nSPS) is 10.4. The van der Waals surface area contributed by atoms with E-state index in [0.29, 0.717) is 0 Å². The molecule has 0 bridgehead atoms. The van der Waals surface area contributed by atoms with Gasteiger partial charge < -0.3 is 10.5 Å². The van der Waals surface area contributed by atoms with Crippen LogP contribution in [-0.2, 0) is 0 Å². The Morgan fingerprint density at radius 2 is 1.28 bits per heavy atom. The van der Waals surface area contributed by atoms with Crippen LogP contribution in [0.2, 0.25) is 0 Å². The zero-order valence-corrected chi connectivity index (χ0v) is 8.88. The molecule has 0 radical (unpaired) electrons. The second-order valence-electron chi connectivity index (χ2n) is 3.41. The Balaban J connectivity index is 2.52. The number of benzene rings is 2. The van der Waals surface area contributed by atoms with Crippen molar-refractivity contribution in [1.82, 2.24) is 0 Å². The summed E-state index contributed by atoms with van der Waals surface area (Å²) < 4.78 is 57.9. The lowest BCUT2D eigenvalue weighted by atomic mass is 10.2. The first-order valence-corrected chi connectivity index (χ1v) is 4.86. The van der Waals surface area contributed by atoms with Crippen molar-refractivity contribution in [1.29, 1.82) is 0 Å². The Morgan fingerprint density at radius 3 is 1.78 bits per heavy atom. The van der Waals surface area contributed by atoms with Crippen molar-refractivity contribution < 1.29 is 22.3 Å². The molecule has 0 heterocycles. The lowest BCUT2D eigenvalue weighted by molar-refractivity contribution is 0.368. The van der Waals surface area contributed by atoms with E-state index in [1.54, 1.807) is 6.07 Å². The molecule has 18 heavy (non-hydrogen) atoms. The summed E-state index contributed by atoms with van der Waals surface area (Å²) in [5.74, 6) is -7.82. The first-order valence-electron chi connectivity index (χ1n) is 4.86. The van der Waals surface area contributed by atoms with Crippen LogP contribution >= 0.6 is 0 Å². The first kappa shape index (κ1) is 12.2. The van der Waals surface area contributed by atoms with E-state index in [-0.39, 0.29) is 5.75 Å². The number of ether oxygens (including phenoxy) is 1. The summed E-state index contributed by atoms with van der Waals surface area (Å²) in [6.45, 7) is 0. The lowest BCUT2D eigenvalue weighted by Gasteiger charge is -2.10.